The summed E-state index contributed by atoms with van der Waals surface area (Å²) in [6.45, 7) is 2.78. The van der Waals surface area contributed by atoms with E-state index in [1.54, 1.807) is 48.5 Å². The number of unbranched alkanes of at least 4 members (excludes halogenated alkanes) is 1. The second kappa shape index (κ2) is 9.20. The number of halogens is 1. The van der Waals surface area contributed by atoms with Crippen LogP contribution in [0, 0.1) is 0 Å². The first-order valence-electron chi connectivity index (χ1n) is 8.32. The van der Waals surface area contributed by atoms with Crippen molar-refractivity contribution in [3.8, 4) is 0 Å². The number of methoxy groups -OCH3 is 1. The monoisotopic (exact) mass is 375 g/mol. The number of hydrogen-bond donors (Lipinski definition) is 1. The van der Waals surface area contributed by atoms with E-state index in [4.69, 9.17) is 16.3 Å². The lowest BCUT2D eigenvalue weighted by atomic mass is 10.2. The maximum Gasteiger partial charge on any atom is 0.337 e. The van der Waals surface area contributed by atoms with E-state index >= 15 is 0 Å². The molecule has 1 N–H and O–H groups in total. The number of ether oxygens (including phenoxy) is 1. The zero-order valence-corrected chi connectivity index (χ0v) is 15.8. The predicted octanol–water partition coefficient (Wildman–Crippen LogP) is 4.14. The summed E-state index contributed by atoms with van der Waals surface area (Å²) in [6.07, 6.45) is 3.53. The number of pyridine rings is 1. The van der Waals surface area contributed by atoms with Gasteiger partial charge in [-0.1, -0.05) is 24.9 Å². The van der Waals surface area contributed by atoms with Crippen molar-refractivity contribution >= 4 is 35.0 Å². The minimum atomic E-state index is -0.459. The zero-order chi connectivity index (χ0) is 19.1. The molecule has 26 heavy (non-hydrogen) atoms. The van der Waals surface area contributed by atoms with Gasteiger partial charge >= 0.3 is 5.97 Å². The number of anilines is 2. The van der Waals surface area contributed by atoms with E-state index in [0.29, 0.717) is 34.2 Å². The first kappa shape index (κ1) is 19.7. The summed E-state index contributed by atoms with van der Waals surface area (Å²) in [6, 6.07) is 8.09. The van der Waals surface area contributed by atoms with E-state index in [9.17, 15) is 9.59 Å². The van der Waals surface area contributed by atoms with Gasteiger partial charge in [-0.2, -0.15) is 0 Å². The summed E-state index contributed by atoms with van der Waals surface area (Å²) in [4.78, 5) is 30.1. The van der Waals surface area contributed by atoms with Crippen molar-refractivity contribution in [2.24, 2.45) is 0 Å². The van der Waals surface area contributed by atoms with Gasteiger partial charge in [-0.3, -0.25) is 4.79 Å². The maximum absolute atomic E-state index is 12.5. The Hall–Kier alpha value is -2.60. The van der Waals surface area contributed by atoms with Crippen molar-refractivity contribution in [3.05, 3.63) is 52.7 Å². The molecule has 0 radical (unpaired) electrons. The van der Waals surface area contributed by atoms with Gasteiger partial charge in [-0.05, 0) is 36.8 Å². The van der Waals surface area contributed by atoms with Gasteiger partial charge in [0.05, 0.1) is 23.4 Å². The van der Waals surface area contributed by atoms with Crippen molar-refractivity contribution in [2.75, 3.05) is 26.0 Å². The standard InChI is InChI=1S/C19H22ClN3O3/c1-4-5-10-23(2)18(24)13-8-9-21-17(12-13)22-16-11-14(19(25)26-3)6-7-15(16)20/h6-9,11-12H,4-5,10H2,1-3H3,(H,21,22). The van der Waals surface area contributed by atoms with E-state index in [1.165, 1.54) is 7.11 Å². The molecular formula is C19H22ClN3O3. The molecule has 1 heterocycles. The number of rotatable bonds is 7. The molecule has 0 spiro atoms. The van der Waals surface area contributed by atoms with Crippen LogP contribution in [-0.2, 0) is 4.74 Å². The van der Waals surface area contributed by atoms with Crippen LogP contribution in [0.3, 0.4) is 0 Å². The molecule has 0 saturated carbocycles. The molecule has 1 amide bonds. The Bertz CT molecular complexity index is 795. The van der Waals surface area contributed by atoms with Crippen molar-refractivity contribution in [3.63, 3.8) is 0 Å². The summed E-state index contributed by atoms with van der Waals surface area (Å²) in [7, 11) is 3.10. The Morgan fingerprint density at radius 1 is 1.23 bits per heavy atom. The molecule has 1 aromatic heterocycles. The fraction of sp³-hybridized carbons (Fsp3) is 0.316. The van der Waals surface area contributed by atoms with Gasteiger partial charge in [-0.25, -0.2) is 9.78 Å². The SMILES string of the molecule is CCCCN(C)C(=O)c1ccnc(Nc2cc(C(=O)OC)ccc2Cl)c1. The molecule has 0 bridgehead atoms. The summed E-state index contributed by atoms with van der Waals surface area (Å²) in [5.41, 5.74) is 1.40. The molecule has 6 nitrogen and oxygen atoms in total. The van der Waals surface area contributed by atoms with E-state index in [1.807, 2.05) is 0 Å². The number of nitrogens with one attached hydrogen (secondary N) is 1. The number of benzene rings is 1. The molecule has 0 fully saturated rings. The fourth-order valence-electron chi connectivity index (χ4n) is 2.35. The first-order valence-corrected chi connectivity index (χ1v) is 8.70. The first-order chi connectivity index (χ1) is 12.5. The molecule has 7 heteroatoms. The van der Waals surface area contributed by atoms with E-state index < -0.39 is 5.97 Å². The molecular weight excluding hydrogens is 354 g/mol. The van der Waals surface area contributed by atoms with Crippen LogP contribution in [-0.4, -0.2) is 42.5 Å². The minimum Gasteiger partial charge on any atom is -0.465 e. The third-order valence-corrected chi connectivity index (χ3v) is 4.18. The molecule has 0 saturated heterocycles. The van der Waals surface area contributed by atoms with Crippen LogP contribution in [0.2, 0.25) is 5.02 Å². The van der Waals surface area contributed by atoms with Crippen LogP contribution < -0.4 is 5.32 Å². The Labute approximate surface area is 158 Å². The second-order valence-corrected chi connectivity index (χ2v) is 6.23. The molecule has 0 aliphatic rings. The maximum atomic E-state index is 12.5. The lowest BCUT2D eigenvalue weighted by Crippen LogP contribution is -2.27. The fourth-order valence-corrected chi connectivity index (χ4v) is 2.52. The average Bonchev–Trinajstić information content (AvgIpc) is 2.66. The lowest BCUT2D eigenvalue weighted by Gasteiger charge is -2.17. The van der Waals surface area contributed by atoms with Crippen LogP contribution in [0.25, 0.3) is 0 Å². The van der Waals surface area contributed by atoms with Crippen molar-refractivity contribution in [2.45, 2.75) is 19.8 Å². The summed E-state index contributed by atoms with van der Waals surface area (Å²) < 4.78 is 4.71. The highest BCUT2D eigenvalue weighted by Gasteiger charge is 2.13. The largest absolute Gasteiger partial charge is 0.465 e. The van der Waals surface area contributed by atoms with Gasteiger partial charge in [0, 0.05) is 25.4 Å². The van der Waals surface area contributed by atoms with Crippen LogP contribution >= 0.6 is 11.6 Å². The number of hydrogen-bond acceptors (Lipinski definition) is 5. The number of esters is 1. The molecule has 0 atom stereocenters. The minimum absolute atomic E-state index is 0.0710. The predicted molar refractivity (Wildman–Crippen MR) is 102 cm³/mol. The van der Waals surface area contributed by atoms with E-state index in [0.717, 1.165) is 12.8 Å². The molecule has 0 aliphatic heterocycles. The van der Waals surface area contributed by atoms with Crippen molar-refractivity contribution in [1.29, 1.82) is 0 Å². The highest BCUT2D eigenvalue weighted by Crippen LogP contribution is 2.26. The van der Waals surface area contributed by atoms with Gasteiger partial charge in [-0.15, -0.1) is 0 Å². The molecule has 1 aromatic carbocycles. The summed E-state index contributed by atoms with van der Waals surface area (Å²) in [5, 5.41) is 3.47. The van der Waals surface area contributed by atoms with Gasteiger partial charge in [0.15, 0.2) is 0 Å². The van der Waals surface area contributed by atoms with Gasteiger partial charge in [0.1, 0.15) is 5.82 Å². The molecule has 0 unspecified atom stereocenters. The molecule has 138 valence electrons. The Morgan fingerprint density at radius 3 is 2.69 bits per heavy atom. The smallest absolute Gasteiger partial charge is 0.337 e. The lowest BCUT2D eigenvalue weighted by molar-refractivity contribution is 0.0600. The van der Waals surface area contributed by atoms with Gasteiger partial charge < -0.3 is 15.0 Å². The van der Waals surface area contributed by atoms with Gasteiger partial charge in [0.25, 0.3) is 5.91 Å². The number of aromatic nitrogens is 1. The zero-order valence-electron chi connectivity index (χ0n) is 15.1. The molecule has 0 aliphatic carbocycles. The Balaban J connectivity index is 2.21. The van der Waals surface area contributed by atoms with Crippen LogP contribution in [0.4, 0.5) is 11.5 Å². The quantitative estimate of drug-likeness (QED) is 0.736. The number of nitrogens with zero attached hydrogens (tertiary/aromatic N) is 2. The van der Waals surface area contributed by atoms with Crippen molar-refractivity contribution < 1.29 is 14.3 Å². The Kier molecular flexibility index (Phi) is 6.97. The van der Waals surface area contributed by atoms with E-state index in [2.05, 4.69) is 17.2 Å². The van der Waals surface area contributed by atoms with E-state index in [-0.39, 0.29) is 5.91 Å². The number of carbonyl (C=O) groups is 2. The topological polar surface area (TPSA) is 71.5 Å². The summed E-state index contributed by atoms with van der Waals surface area (Å²) in [5.74, 6) is -0.0684. The van der Waals surface area contributed by atoms with Crippen LogP contribution in [0.5, 0.6) is 0 Å². The molecule has 2 aromatic rings. The number of amides is 1. The van der Waals surface area contributed by atoms with Gasteiger partial charge in [0.2, 0.25) is 0 Å². The second-order valence-electron chi connectivity index (χ2n) is 5.82. The molecule has 2 rings (SSSR count). The van der Waals surface area contributed by atoms with Crippen molar-refractivity contribution in [1.82, 2.24) is 9.88 Å². The number of carbonyl (C=O) groups excluding carboxylic acids is 2. The Morgan fingerprint density at radius 2 is 2.00 bits per heavy atom. The van der Waals surface area contributed by atoms with Crippen LogP contribution in [0.1, 0.15) is 40.5 Å². The third-order valence-electron chi connectivity index (χ3n) is 3.85. The highest BCUT2D eigenvalue weighted by atomic mass is 35.5. The summed E-state index contributed by atoms with van der Waals surface area (Å²) >= 11 is 6.19. The third kappa shape index (κ3) is 4.95. The normalized spacial score (nSPS) is 10.3. The highest BCUT2D eigenvalue weighted by molar-refractivity contribution is 6.33. The average molecular weight is 376 g/mol. The van der Waals surface area contributed by atoms with Crippen LogP contribution in [0.15, 0.2) is 36.5 Å².